The fourth-order valence-corrected chi connectivity index (χ4v) is 2.77. The summed E-state index contributed by atoms with van der Waals surface area (Å²) in [6, 6.07) is 8.72. The Kier molecular flexibility index (Phi) is 5.48. The predicted octanol–water partition coefficient (Wildman–Crippen LogP) is 2.01. The average Bonchev–Trinajstić information content (AvgIpc) is 2.64. The largest absolute Gasteiger partial charge is 0.482 e. The summed E-state index contributed by atoms with van der Waals surface area (Å²) in [5.74, 6) is 0.320. The Bertz CT molecular complexity index is 793. The first kappa shape index (κ1) is 17.9. The van der Waals surface area contributed by atoms with Crippen molar-refractivity contribution in [2.45, 2.75) is 6.42 Å². The molecule has 0 radical (unpaired) electrons. The lowest BCUT2D eigenvalue weighted by Crippen LogP contribution is -2.40. The van der Waals surface area contributed by atoms with Crippen LogP contribution in [0, 0.1) is 0 Å². The van der Waals surface area contributed by atoms with Gasteiger partial charge in [-0.2, -0.15) is 0 Å². The normalized spacial score (nSPS) is 13.3. The minimum Gasteiger partial charge on any atom is -0.482 e. The van der Waals surface area contributed by atoms with Gasteiger partial charge in [0.15, 0.2) is 6.61 Å². The fraction of sp³-hybridized carbons (Fsp3) is 0.316. The lowest BCUT2D eigenvalue weighted by atomic mass is 10.2. The van der Waals surface area contributed by atoms with E-state index < -0.39 is 0 Å². The summed E-state index contributed by atoms with van der Waals surface area (Å²) in [4.78, 5) is 32.3. The molecule has 2 aromatic rings. The van der Waals surface area contributed by atoms with Crippen molar-refractivity contribution in [2.24, 2.45) is 0 Å². The van der Waals surface area contributed by atoms with Crippen molar-refractivity contribution in [3.8, 4) is 5.75 Å². The third-order valence-electron chi connectivity index (χ3n) is 4.07. The average molecular weight is 354 g/mol. The van der Waals surface area contributed by atoms with Crippen LogP contribution in [0.2, 0.25) is 0 Å². The summed E-state index contributed by atoms with van der Waals surface area (Å²) in [6.07, 6.45) is 3.97. The minimum absolute atomic E-state index is 0.0381. The van der Waals surface area contributed by atoms with Crippen molar-refractivity contribution in [3.63, 3.8) is 0 Å². The molecule has 1 aliphatic heterocycles. The number of nitrogens with one attached hydrogen (secondary N) is 1. The van der Waals surface area contributed by atoms with Crippen LogP contribution in [0.3, 0.4) is 0 Å². The second-order valence-electron chi connectivity index (χ2n) is 6.37. The molecule has 0 saturated heterocycles. The van der Waals surface area contributed by atoms with Crippen molar-refractivity contribution in [3.05, 3.63) is 48.3 Å². The number of ether oxygens (including phenoxy) is 1. The zero-order chi connectivity index (χ0) is 18.5. The van der Waals surface area contributed by atoms with Crippen molar-refractivity contribution in [1.29, 1.82) is 0 Å². The molecular weight excluding hydrogens is 332 g/mol. The number of aromatic nitrogens is 1. The van der Waals surface area contributed by atoms with E-state index in [9.17, 15) is 9.59 Å². The molecule has 1 aromatic heterocycles. The van der Waals surface area contributed by atoms with Crippen LogP contribution in [-0.4, -0.2) is 55.5 Å². The molecule has 1 N–H and O–H groups in total. The fourth-order valence-electron chi connectivity index (χ4n) is 2.77. The molecule has 0 fully saturated rings. The van der Waals surface area contributed by atoms with E-state index in [0.717, 1.165) is 13.0 Å². The Morgan fingerprint density at radius 2 is 2.19 bits per heavy atom. The highest BCUT2D eigenvalue weighted by Crippen LogP contribution is 2.34. The number of anilines is 2. The Morgan fingerprint density at radius 1 is 1.35 bits per heavy atom. The van der Waals surface area contributed by atoms with E-state index in [1.165, 1.54) is 6.20 Å². The van der Waals surface area contributed by atoms with E-state index >= 15 is 0 Å². The number of pyridine rings is 1. The molecule has 3 rings (SSSR count). The van der Waals surface area contributed by atoms with Gasteiger partial charge in [-0.05, 0) is 57.4 Å². The molecule has 7 heteroatoms. The molecule has 1 aromatic carbocycles. The van der Waals surface area contributed by atoms with Gasteiger partial charge in [0.25, 0.3) is 11.8 Å². The third kappa shape index (κ3) is 4.18. The molecule has 0 unspecified atom stereocenters. The summed E-state index contributed by atoms with van der Waals surface area (Å²) in [7, 11) is 4.00. The van der Waals surface area contributed by atoms with Gasteiger partial charge in [0.1, 0.15) is 5.75 Å². The number of hydrogen-bond acceptors (Lipinski definition) is 5. The standard InChI is InChI=1S/C19H22N4O3/c1-22(2)9-4-10-23-16-11-15(6-7-17(16)26-13-18(23)24)21-19(25)14-5-3-8-20-12-14/h3,5-8,11-12H,4,9-10,13H2,1-2H3,(H,21,25). The van der Waals surface area contributed by atoms with Gasteiger partial charge in [-0.25, -0.2) is 0 Å². The second kappa shape index (κ2) is 7.97. The third-order valence-corrected chi connectivity index (χ3v) is 4.07. The minimum atomic E-state index is -0.250. The second-order valence-corrected chi connectivity index (χ2v) is 6.37. The lowest BCUT2D eigenvalue weighted by molar-refractivity contribution is -0.121. The zero-order valence-corrected chi connectivity index (χ0v) is 14.9. The molecule has 2 heterocycles. The Labute approximate surface area is 152 Å². The summed E-state index contributed by atoms with van der Waals surface area (Å²) >= 11 is 0. The molecule has 0 aliphatic carbocycles. The number of fused-ring (bicyclic) bond motifs is 1. The van der Waals surface area contributed by atoms with Crippen LogP contribution >= 0.6 is 0 Å². The molecular formula is C19H22N4O3. The molecule has 136 valence electrons. The van der Waals surface area contributed by atoms with Gasteiger partial charge in [-0.15, -0.1) is 0 Å². The van der Waals surface area contributed by atoms with Crippen molar-refractivity contribution in [1.82, 2.24) is 9.88 Å². The SMILES string of the molecule is CN(C)CCCN1C(=O)COc2ccc(NC(=O)c3cccnc3)cc21. The van der Waals surface area contributed by atoms with Crippen LogP contribution in [0.5, 0.6) is 5.75 Å². The van der Waals surface area contributed by atoms with Gasteiger partial charge >= 0.3 is 0 Å². The van der Waals surface area contributed by atoms with Crippen molar-refractivity contribution >= 4 is 23.2 Å². The Hall–Kier alpha value is -2.93. The highest BCUT2D eigenvalue weighted by Gasteiger charge is 2.25. The van der Waals surface area contributed by atoms with Gasteiger partial charge < -0.3 is 19.9 Å². The molecule has 7 nitrogen and oxygen atoms in total. The summed E-state index contributed by atoms with van der Waals surface area (Å²) in [5, 5.41) is 2.84. The smallest absolute Gasteiger partial charge is 0.265 e. The van der Waals surface area contributed by atoms with Gasteiger partial charge in [-0.1, -0.05) is 0 Å². The van der Waals surface area contributed by atoms with Crippen molar-refractivity contribution < 1.29 is 14.3 Å². The molecule has 26 heavy (non-hydrogen) atoms. The highest BCUT2D eigenvalue weighted by atomic mass is 16.5. The number of nitrogens with zero attached hydrogens (tertiary/aromatic N) is 3. The van der Waals surface area contributed by atoms with Gasteiger partial charge in [0.05, 0.1) is 11.3 Å². The number of carbonyl (C=O) groups excluding carboxylic acids is 2. The van der Waals surface area contributed by atoms with E-state index in [1.807, 2.05) is 14.1 Å². The first-order chi connectivity index (χ1) is 12.5. The molecule has 1 aliphatic rings. The molecule has 0 atom stereocenters. The van der Waals surface area contributed by atoms with Crippen LogP contribution in [-0.2, 0) is 4.79 Å². The summed E-state index contributed by atoms with van der Waals surface area (Å²) in [5.41, 5.74) is 1.76. The van der Waals surface area contributed by atoms with E-state index in [2.05, 4.69) is 15.2 Å². The van der Waals surface area contributed by atoms with E-state index in [0.29, 0.717) is 29.2 Å². The maximum atomic E-state index is 12.3. The molecule has 0 bridgehead atoms. The number of carbonyl (C=O) groups is 2. The highest BCUT2D eigenvalue weighted by molar-refractivity contribution is 6.05. The number of hydrogen-bond donors (Lipinski definition) is 1. The van der Waals surface area contributed by atoms with Gasteiger partial charge in [-0.3, -0.25) is 14.6 Å². The Balaban J connectivity index is 1.77. The maximum Gasteiger partial charge on any atom is 0.265 e. The van der Waals surface area contributed by atoms with E-state index in [-0.39, 0.29) is 18.4 Å². The van der Waals surface area contributed by atoms with Crippen LogP contribution in [0.1, 0.15) is 16.8 Å². The molecule has 0 saturated carbocycles. The van der Waals surface area contributed by atoms with E-state index in [4.69, 9.17) is 4.74 Å². The van der Waals surface area contributed by atoms with Crippen LogP contribution < -0.4 is 15.0 Å². The number of benzene rings is 1. The zero-order valence-electron chi connectivity index (χ0n) is 14.9. The quantitative estimate of drug-likeness (QED) is 0.859. The van der Waals surface area contributed by atoms with Gasteiger partial charge in [0.2, 0.25) is 0 Å². The Morgan fingerprint density at radius 3 is 2.92 bits per heavy atom. The topological polar surface area (TPSA) is 74.8 Å². The predicted molar refractivity (Wildman–Crippen MR) is 99.7 cm³/mol. The number of amides is 2. The van der Waals surface area contributed by atoms with E-state index in [1.54, 1.807) is 41.4 Å². The maximum absolute atomic E-state index is 12.3. The monoisotopic (exact) mass is 354 g/mol. The first-order valence-electron chi connectivity index (χ1n) is 8.48. The van der Waals surface area contributed by atoms with Crippen molar-refractivity contribution in [2.75, 3.05) is 44.0 Å². The molecule has 0 spiro atoms. The summed E-state index contributed by atoms with van der Waals surface area (Å²) in [6.45, 7) is 1.53. The van der Waals surface area contributed by atoms with Crippen LogP contribution in [0.25, 0.3) is 0 Å². The van der Waals surface area contributed by atoms with Gasteiger partial charge in [0, 0.05) is 24.6 Å². The van der Waals surface area contributed by atoms with Crippen LogP contribution in [0.4, 0.5) is 11.4 Å². The molecule has 2 amide bonds. The van der Waals surface area contributed by atoms with Crippen LogP contribution in [0.15, 0.2) is 42.7 Å². The number of rotatable bonds is 6. The lowest BCUT2D eigenvalue weighted by Gasteiger charge is -2.30. The first-order valence-corrected chi connectivity index (χ1v) is 8.48. The summed E-state index contributed by atoms with van der Waals surface area (Å²) < 4.78 is 5.51.